The summed E-state index contributed by atoms with van der Waals surface area (Å²) in [5.74, 6) is -0.510. The maximum absolute atomic E-state index is 13.5. The molecule has 0 radical (unpaired) electrons. The number of carbonyl (C=O) groups excluding carboxylic acids is 2. The predicted octanol–water partition coefficient (Wildman–Crippen LogP) is 3.10. The minimum atomic E-state index is -0.492. The third-order valence-electron chi connectivity index (χ3n) is 7.13. The van der Waals surface area contributed by atoms with Crippen LogP contribution in [0.25, 0.3) is 0 Å². The van der Waals surface area contributed by atoms with Crippen molar-refractivity contribution in [2.45, 2.75) is 43.6 Å². The zero-order valence-electron chi connectivity index (χ0n) is 19.9. The normalized spacial score (nSPS) is 21.3. The summed E-state index contributed by atoms with van der Waals surface area (Å²) >= 11 is 0. The number of hydrogen-bond acceptors (Lipinski definition) is 4. The van der Waals surface area contributed by atoms with Gasteiger partial charge in [0.1, 0.15) is 5.82 Å². The lowest BCUT2D eigenvalue weighted by molar-refractivity contribution is -0.134. The first-order valence-corrected chi connectivity index (χ1v) is 12.3. The maximum Gasteiger partial charge on any atom is 0.249 e. The Morgan fingerprint density at radius 2 is 1.76 bits per heavy atom. The van der Waals surface area contributed by atoms with Crippen molar-refractivity contribution in [3.63, 3.8) is 0 Å². The van der Waals surface area contributed by atoms with E-state index < -0.39 is 5.91 Å². The third-order valence-corrected chi connectivity index (χ3v) is 7.13. The Morgan fingerprint density at radius 1 is 1.06 bits per heavy atom. The predicted molar refractivity (Wildman–Crippen MR) is 131 cm³/mol. The second kappa shape index (κ2) is 11.1. The van der Waals surface area contributed by atoms with Crippen LogP contribution in [-0.2, 0) is 4.79 Å². The van der Waals surface area contributed by atoms with Crippen LogP contribution in [0.5, 0.6) is 0 Å². The quantitative estimate of drug-likeness (QED) is 0.528. The van der Waals surface area contributed by atoms with Gasteiger partial charge in [-0.1, -0.05) is 36.8 Å². The van der Waals surface area contributed by atoms with Crippen LogP contribution in [0, 0.1) is 5.82 Å². The molecular formula is C27H35FN4O2. The van der Waals surface area contributed by atoms with Crippen LogP contribution in [0.3, 0.4) is 0 Å². The molecule has 2 fully saturated rings. The van der Waals surface area contributed by atoms with Crippen LogP contribution < -0.4 is 11.1 Å². The number of primary amides is 1. The van der Waals surface area contributed by atoms with Crippen LogP contribution >= 0.6 is 0 Å². The molecule has 182 valence electrons. The van der Waals surface area contributed by atoms with E-state index in [2.05, 4.69) is 17.3 Å². The number of nitrogens with one attached hydrogen (secondary N) is 1. The van der Waals surface area contributed by atoms with Gasteiger partial charge in [0.2, 0.25) is 11.8 Å². The van der Waals surface area contributed by atoms with E-state index in [1.54, 1.807) is 12.1 Å². The van der Waals surface area contributed by atoms with Crippen molar-refractivity contribution in [2.75, 3.05) is 39.8 Å². The lowest BCUT2D eigenvalue weighted by atomic mass is 9.88. The van der Waals surface area contributed by atoms with Crippen LogP contribution in [0.2, 0.25) is 0 Å². The van der Waals surface area contributed by atoms with Gasteiger partial charge in [0.05, 0.1) is 5.92 Å². The van der Waals surface area contributed by atoms with Gasteiger partial charge in [-0.2, -0.15) is 0 Å². The van der Waals surface area contributed by atoms with Crippen molar-refractivity contribution < 1.29 is 14.0 Å². The Bertz CT molecular complexity index is 988. The van der Waals surface area contributed by atoms with E-state index in [1.165, 1.54) is 17.7 Å². The van der Waals surface area contributed by atoms with E-state index in [-0.39, 0.29) is 17.6 Å². The highest BCUT2D eigenvalue weighted by molar-refractivity contribution is 5.97. The summed E-state index contributed by atoms with van der Waals surface area (Å²) in [6.07, 6.45) is 3.57. The highest BCUT2D eigenvalue weighted by Gasteiger charge is 2.37. The summed E-state index contributed by atoms with van der Waals surface area (Å²) in [6, 6.07) is 14.5. The molecule has 1 heterocycles. The number of hydrogen-bond donors (Lipinski definition) is 2. The van der Waals surface area contributed by atoms with Gasteiger partial charge < -0.3 is 20.9 Å². The van der Waals surface area contributed by atoms with E-state index in [0.29, 0.717) is 37.0 Å². The Labute approximate surface area is 201 Å². The molecule has 1 saturated carbocycles. The zero-order chi connectivity index (χ0) is 24.1. The highest BCUT2D eigenvalue weighted by atomic mass is 19.1. The first-order valence-electron chi connectivity index (χ1n) is 12.3. The van der Waals surface area contributed by atoms with E-state index >= 15 is 0 Å². The number of carbonyl (C=O) groups is 2. The first-order chi connectivity index (χ1) is 16.4. The monoisotopic (exact) mass is 466 g/mol. The summed E-state index contributed by atoms with van der Waals surface area (Å²) in [5, 5.41) is 3.59. The number of amides is 2. The minimum Gasteiger partial charge on any atom is -0.366 e. The van der Waals surface area contributed by atoms with E-state index in [0.717, 1.165) is 44.5 Å². The van der Waals surface area contributed by atoms with Crippen molar-refractivity contribution >= 4 is 11.8 Å². The number of benzene rings is 2. The SMILES string of the molecule is CN1CCN(C(=O)[C@@H](CCCCN[C@@H]2C[C@H]2c2ccc(F)cc2)c2ccccc2C(N)=O)CC1. The van der Waals surface area contributed by atoms with E-state index in [1.807, 2.05) is 29.2 Å². The number of nitrogens with two attached hydrogens (primary N) is 1. The second-order valence-corrected chi connectivity index (χ2v) is 9.58. The molecule has 0 spiro atoms. The number of unbranched alkanes of at least 4 members (excludes halogenated alkanes) is 1. The van der Waals surface area contributed by atoms with Gasteiger partial charge in [0.25, 0.3) is 0 Å². The molecule has 1 saturated heterocycles. The van der Waals surface area contributed by atoms with Gasteiger partial charge in [-0.25, -0.2) is 4.39 Å². The molecule has 3 N–H and O–H groups in total. The smallest absolute Gasteiger partial charge is 0.249 e. The lowest BCUT2D eigenvalue weighted by Gasteiger charge is -2.35. The maximum atomic E-state index is 13.5. The average Bonchev–Trinajstić information content (AvgIpc) is 3.61. The summed E-state index contributed by atoms with van der Waals surface area (Å²) in [6.45, 7) is 4.00. The van der Waals surface area contributed by atoms with E-state index in [9.17, 15) is 14.0 Å². The van der Waals surface area contributed by atoms with Crippen LogP contribution in [0.4, 0.5) is 4.39 Å². The molecule has 0 unspecified atom stereocenters. The summed E-state index contributed by atoms with van der Waals surface area (Å²) < 4.78 is 13.1. The Morgan fingerprint density at radius 3 is 2.47 bits per heavy atom. The molecule has 3 atom stereocenters. The fraction of sp³-hybridized carbons (Fsp3) is 0.481. The molecule has 4 rings (SSSR count). The second-order valence-electron chi connectivity index (χ2n) is 9.58. The largest absolute Gasteiger partial charge is 0.366 e. The van der Waals surface area contributed by atoms with Gasteiger partial charge in [-0.15, -0.1) is 0 Å². The number of rotatable bonds is 10. The first kappa shape index (κ1) is 24.4. The molecule has 1 aliphatic carbocycles. The molecule has 2 aliphatic rings. The van der Waals surface area contributed by atoms with Gasteiger partial charge in [0.15, 0.2) is 0 Å². The van der Waals surface area contributed by atoms with Crippen molar-refractivity contribution in [3.8, 4) is 0 Å². The van der Waals surface area contributed by atoms with Crippen molar-refractivity contribution in [2.24, 2.45) is 5.73 Å². The highest BCUT2D eigenvalue weighted by Crippen LogP contribution is 2.40. The van der Waals surface area contributed by atoms with Crippen molar-refractivity contribution in [1.29, 1.82) is 0 Å². The Balaban J connectivity index is 1.32. The van der Waals surface area contributed by atoms with Gasteiger partial charge >= 0.3 is 0 Å². The minimum absolute atomic E-state index is 0.0910. The van der Waals surface area contributed by atoms with Crippen LogP contribution in [-0.4, -0.2) is 67.4 Å². The topological polar surface area (TPSA) is 78.7 Å². The fourth-order valence-corrected chi connectivity index (χ4v) is 4.94. The molecule has 6 nitrogen and oxygen atoms in total. The molecule has 1 aliphatic heterocycles. The Kier molecular flexibility index (Phi) is 7.95. The molecule has 0 bridgehead atoms. The van der Waals surface area contributed by atoms with Gasteiger partial charge in [0, 0.05) is 43.7 Å². The summed E-state index contributed by atoms with van der Waals surface area (Å²) in [5.41, 5.74) is 7.99. The fourth-order valence-electron chi connectivity index (χ4n) is 4.94. The molecule has 0 aromatic heterocycles. The number of piperazine rings is 1. The zero-order valence-corrected chi connectivity index (χ0v) is 19.9. The van der Waals surface area contributed by atoms with Gasteiger partial charge in [-0.3, -0.25) is 9.59 Å². The van der Waals surface area contributed by atoms with Crippen LogP contribution in [0.1, 0.15) is 59.0 Å². The molecule has 34 heavy (non-hydrogen) atoms. The van der Waals surface area contributed by atoms with Crippen molar-refractivity contribution in [1.82, 2.24) is 15.1 Å². The van der Waals surface area contributed by atoms with Crippen molar-refractivity contribution in [3.05, 3.63) is 71.0 Å². The summed E-state index contributed by atoms with van der Waals surface area (Å²) in [4.78, 5) is 29.7. The Hall–Kier alpha value is -2.77. The van der Waals surface area contributed by atoms with Crippen LogP contribution in [0.15, 0.2) is 48.5 Å². The molecule has 2 aromatic carbocycles. The number of likely N-dealkylation sites (N-methyl/N-ethyl adjacent to an activating group) is 1. The summed E-state index contributed by atoms with van der Waals surface area (Å²) in [7, 11) is 2.06. The molecule has 7 heteroatoms. The molecule has 2 amide bonds. The molecule has 2 aromatic rings. The molecular weight excluding hydrogens is 431 g/mol. The third kappa shape index (κ3) is 6.02. The lowest BCUT2D eigenvalue weighted by Crippen LogP contribution is -2.48. The number of nitrogens with zero attached hydrogens (tertiary/aromatic N) is 2. The van der Waals surface area contributed by atoms with Gasteiger partial charge in [-0.05, 0) is 62.2 Å². The number of halogens is 1. The average molecular weight is 467 g/mol. The van der Waals surface area contributed by atoms with E-state index in [4.69, 9.17) is 5.73 Å². The standard InChI is InChI=1S/C27H35FN4O2/c1-31-14-16-32(17-15-31)27(34)23(21-6-2-3-7-22(21)26(29)33)8-4-5-13-30-25-18-24(25)19-9-11-20(28)12-10-19/h2-3,6-7,9-12,23-25,30H,4-5,8,13-18H2,1H3,(H2,29,33)/t23-,24-,25+/m0/s1.